The monoisotopic (exact) mass is 587 g/mol. The molecule has 0 N–H and O–H groups in total. The fraction of sp³-hybridized carbons (Fsp3) is 0.353. The van der Waals surface area contributed by atoms with Crippen LogP contribution in [-0.4, -0.2) is 50.9 Å². The van der Waals surface area contributed by atoms with Crippen molar-refractivity contribution in [1.82, 2.24) is 0 Å². The average molecular weight is 588 g/mol. The third-order valence-electron chi connectivity index (χ3n) is 6.64. The van der Waals surface area contributed by atoms with Crippen LogP contribution in [0.2, 0.25) is 0 Å². The molecule has 3 aromatic carbocycles. The second-order valence-corrected chi connectivity index (χ2v) is 9.75. The Labute approximate surface area is 252 Å². The number of carbonyl (C=O) groups is 3. The molecule has 9 heteroatoms. The van der Waals surface area contributed by atoms with Crippen LogP contribution in [0.4, 0.5) is 0 Å². The summed E-state index contributed by atoms with van der Waals surface area (Å²) in [6.07, 6.45) is 0.895. The van der Waals surface area contributed by atoms with Crippen LogP contribution in [0, 0.1) is 23.2 Å². The van der Waals surface area contributed by atoms with Crippen LogP contribution in [0.5, 0.6) is 11.5 Å². The molecule has 3 aromatic rings. The first kappa shape index (κ1) is 32.8. The summed E-state index contributed by atoms with van der Waals surface area (Å²) in [7, 11) is 0. The van der Waals surface area contributed by atoms with E-state index in [1.165, 1.54) is 0 Å². The molecule has 0 amide bonds. The van der Waals surface area contributed by atoms with E-state index >= 15 is 0 Å². The molecule has 0 bridgehead atoms. The van der Waals surface area contributed by atoms with Gasteiger partial charge in [-0.3, -0.25) is 9.59 Å². The van der Waals surface area contributed by atoms with E-state index in [-0.39, 0.29) is 31.7 Å². The van der Waals surface area contributed by atoms with E-state index in [4.69, 9.17) is 28.9 Å². The maximum atomic E-state index is 12.6. The lowest BCUT2D eigenvalue weighted by molar-refractivity contribution is -0.153. The van der Waals surface area contributed by atoms with Gasteiger partial charge in [-0.2, -0.15) is 5.26 Å². The maximum absolute atomic E-state index is 12.6. The molecule has 9 nitrogen and oxygen atoms in total. The van der Waals surface area contributed by atoms with Gasteiger partial charge in [0, 0.05) is 6.61 Å². The number of nitrogens with zero attached hydrogens (tertiary/aromatic N) is 1. The van der Waals surface area contributed by atoms with Crippen molar-refractivity contribution in [3.8, 4) is 28.7 Å². The Morgan fingerprint density at radius 2 is 1.33 bits per heavy atom. The number of hydrogen-bond acceptors (Lipinski definition) is 9. The summed E-state index contributed by atoms with van der Waals surface area (Å²) in [6, 6.07) is 22.9. The Balaban J connectivity index is 1.39. The van der Waals surface area contributed by atoms with Crippen LogP contribution in [0.25, 0.3) is 11.1 Å². The molecular formula is C34H37NO8. The van der Waals surface area contributed by atoms with Crippen molar-refractivity contribution in [2.75, 3.05) is 33.0 Å². The second kappa shape index (κ2) is 17.3. The number of hydrogen-bond donors (Lipinski definition) is 0. The highest BCUT2D eigenvalue weighted by atomic mass is 16.6. The van der Waals surface area contributed by atoms with E-state index in [9.17, 15) is 14.4 Å². The molecule has 2 atom stereocenters. The van der Waals surface area contributed by atoms with Crippen molar-refractivity contribution in [1.29, 1.82) is 5.26 Å². The topological polar surface area (TPSA) is 121 Å². The van der Waals surface area contributed by atoms with E-state index in [1.807, 2.05) is 38.1 Å². The number of benzene rings is 3. The summed E-state index contributed by atoms with van der Waals surface area (Å²) in [4.78, 5) is 37.2. The number of rotatable bonds is 16. The molecule has 0 saturated heterocycles. The quantitative estimate of drug-likeness (QED) is 0.113. The third-order valence-corrected chi connectivity index (χ3v) is 6.64. The van der Waals surface area contributed by atoms with E-state index < -0.39 is 17.9 Å². The molecule has 226 valence electrons. The van der Waals surface area contributed by atoms with Crippen molar-refractivity contribution in [3.63, 3.8) is 0 Å². The Morgan fingerprint density at radius 3 is 1.93 bits per heavy atom. The second-order valence-electron chi connectivity index (χ2n) is 9.75. The van der Waals surface area contributed by atoms with Gasteiger partial charge >= 0.3 is 17.9 Å². The lowest BCUT2D eigenvalue weighted by Gasteiger charge is -2.18. The van der Waals surface area contributed by atoms with Gasteiger partial charge in [-0.05, 0) is 79.4 Å². The molecule has 0 saturated carbocycles. The smallest absolute Gasteiger partial charge is 0.343 e. The summed E-state index contributed by atoms with van der Waals surface area (Å²) in [5, 5.41) is 8.95. The molecule has 0 aliphatic carbocycles. The average Bonchev–Trinajstić information content (AvgIpc) is 3.04. The van der Waals surface area contributed by atoms with Crippen molar-refractivity contribution in [3.05, 3.63) is 83.9 Å². The van der Waals surface area contributed by atoms with E-state index in [1.54, 1.807) is 55.5 Å². The van der Waals surface area contributed by atoms with Gasteiger partial charge in [-0.15, -0.1) is 0 Å². The van der Waals surface area contributed by atoms with Crippen molar-refractivity contribution >= 4 is 17.9 Å². The van der Waals surface area contributed by atoms with Crippen LogP contribution in [0.15, 0.2) is 72.8 Å². The fourth-order valence-corrected chi connectivity index (χ4v) is 4.17. The minimum absolute atomic E-state index is 0.0427. The van der Waals surface area contributed by atoms with Gasteiger partial charge in [0.2, 0.25) is 0 Å². The molecule has 0 spiro atoms. The fourth-order valence-electron chi connectivity index (χ4n) is 4.17. The minimum atomic E-state index is -0.510. The van der Waals surface area contributed by atoms with Gasteiger partial charge in [0.15, 0.2) is 0 Å². The Morgan fingerprint density at radius 1 is 0.744 bits per heavy atom. The summed E-state index contributed by atoms with van der Waals surface area (Å²) < 4.78 is 26.8. The van der Waals surface area contributed by atoms with E-state index in [2.05, 4.69) is 6.07 Å². The molecule has 0 aliphatic rings. The van der Waals surface area contributed by atoms with Gasteiger partial charge in [-0.25, -0.2) is 4.79 Å². The first-order valence-corrected chi connectivity index (χ1v) is 14.3. The third kappa shape index (κ3) is 10.6. The lowest BCUT2D eigenvalue weighted by atomic mass is 9.94. The van der Waals surface area contributed by atoms with Crippen molar-refractivity contribution in [2.45, 2.75) is 33.6 Å². The molecule has 0 aromatic heterocycles. The lowest BCUT2D eigenvalue weighted by Crippen LogP contribution is -2.25. The van der Waals surface area contributed by atoms with Gasteiger partial charge < -0.3 is 23.7 Å². The Bertz CT molecular complexity index is 1360. The molecule has 0 radical (unpaired) electrons. The van der Waals surface area contributed by atoms with E-state index in [0.29, 0.717) is 48.7 Å². The van der Waals surface area contributed by atoms with Crippen LogP contribution in [0.1, 0.15) is 49.5 Å². The Hall–Kier alpha value is -4.68. The Kier molecular flexibility index (Phi) is 13.2. The summed E-state index contributed by atoms with van der Waals surface area (Å²) in [5.41, 5.74) is 2.83. The SMILES string of the molecule is CCOCCOC(=O)C(CC)CC(C)C(=O)OCCOc1ccc(C(=O)Oc2ccc(-c3ccc(C#N)cc3)cc2)cc1. The molecule has 3 rings (SSSR count). The zero-order chi connectivity index (χ0) is 31.0. The summed E-state index contributed by atoms with van der Waals surface area (Å²) in [5.74, 6) is -1.21. The van der Waals surface area contributed by atoms with Gasteiger partial charge in [0.1, 0.15) is 31.3 Å². The van der Waals surface area contributed by atoms with Gasteiger partial charge in [-0.1, -0.05) is 38.1 Å². The molecule has 43 heavy (non-hydrogen) atoms. The van der Waals surface area contributed by atoms with Crippen molar-refractivity contribution < 1.29 is 38.1 Å². The summed E-state index contributed by atoms with van der Waals surface area (Å²) >= 11 is 0. The maximum Gasteiger partial charge on any atom is 0.343 e. The molecule has 0 heterocycles. The standard InChI is InChI=1S/C34H37NO8/c1-4-26(33(37)42-19-18-39-5-2)22-24(3)32(36)41-21-20-40-30-14-12-29(13-15-30)34(38)43-31-16-10-28(11-17-31)27-8-6-25(23-35)7-9-27/h6-17,24,26H,4-5,18-22H2,1-3H3. The highest BCUT2D eigenvalue weighted by molar-refractivity contribution is 5.91. The van der Waals surface area contributed by atoms with Gasteiger partial charge in [0.05, 0.1) is 35.6 Å². The molecule has 0 aliphatic heterocycles. The number of nitriles is 1. The summed E-state index contributed by atoms with van der Waals surface area (Å²) in [6.45, 7) is 6.74. The number of esters is 3. The molecule has 0 fully saturated rings. The molecule has 2 unspecified atom stereocenters. The zero-order valence-corrected chi connectivity index (χ0v) is 24.7. The number of carbonyl (C=O) groups excluding carboxylic acids is 3. The first-order valence-electron chi connectivity index (χ1n) is 14.3. The highest BCUT2D eigenvalue weighted by Gasteiger charge is 2.25. The normalized spacial score (nSPS) is 12.0. The van der Waals surface area contributed by atoms with Crippen molar-refractivity contribution in [2.24, 2.45) is 11.8 Å². The molecular weight excluding hydrogens is 550 g/mol. The zero-order valence-electron chi connectivity index (χ0n) is 24.7. The predicted octanol–water partition coefficient (Wildman–Crippen LogP) is 6.00. The van der Waals surface area contributed by atoms with E-state index in [0.717, 1.165) is 11.1 Å². The first-order chi connectivity index (χ1) is 20.8. The highest BCUT2D eigenvalue weighted by Crippen LogP contribution is 2.24. The predicted molar refractivity (Wildman–Crippen MR) is 159 cm³/mol. The number of ether oxygens (including phenoxy) is 5. The van der Waals surface area contributed by atoms with Crippen LogP contribution in [-0.2, 0) is 23.8 Å². The van der Waals surface area contributed by atoms with Gasteiger partial charge in [0.25, 0.3) is 0 Å². The van der Waals surface area contributed by atoms with Crippen LogP contribution < -0.4 is 9.47 Å². The van der Waals surface area contributed by atoms with Crippen LogP contribution >= 0.6 is 0 Å². The largest absolute Gasteiger partial charge is 0.490 e. The van der Waals surface area contributed by atoms with Crippen LogP contribution in [0.3, 0.4) is 0 Å². The minimum Gasteiger partial charge on any atom is -0.490 e.